The van der Waals surface area contributed by atoms with Crippen LogP contribution < -0.4 is 10.2 Å². The molecule has 0 fully saturated rings. The molecule has 0 saturated carbocycles. The van der Waals surface area contributed by atoms with E-state index in [4.69, 9.17) is 16.3 Å². The number of benzene rings is 2. The summed E-state index contributed by atoms with van der Waals surface area (Å²) in [5, 5.41) is 0.267. The molecule has 0 aliphatic rings. The van der Waals surface area contributed by atoms with Gasteiger partial charge >= 0.3 is 6.98 Å². The third-order valence-electron chi connectivity index (χ3n) is 2.67. The summed E-state index contributed by atoms with van der Waals surface area (Å²) in [7, 11) is 0. The smallest absolute Gasteiger partial charge is 0.489 e. The summed E-state index contributed by atoms with van der Waals surface area (Å²) >= 11 is 5.61. The average molecular weight is 303 g/mol. The molecule has 0 unspecified atom stereocenters. The molecule has 0 radical (unpaired) electrons. The molecule has 106 valence electrons. The molecule has 0 aliphatic heterocycles. The highest BCUT2D eigenvalue weighted by molar-refractivity contribution is 6.73. The molecule has 2 rings (SSSR count). The van der Waals surface area contributed by atoms with Crippen LogP contribution in [0.4, 0.5) is 17.3 Å². The first-order chi connectivity index (χ1) is 9.36. The van der Waals surface area contributed by atoms with Gasteiger partial charge in [0.1, 0.15) is 18.2 Å². The van der Waals surface area contributed by atoms with E-state index in [1.807, 2.05) is 0 Å². The molecule has 0 N–H and O–H groups in total. The van der Waals surface area contributed by atoms with Crippen molar-refractivity contribution in [1.82, 2.24) is 0 Å². The molecular weight excluding hydrogens is 294 g/mol. The number of ether oxygens (including phenoxy) is 1. The third kappa shape index (κ3) is 3.66. The van der Waals surface area contributed by atoms with Gasteiger partial charge in [0.15, 0.2) is 0 Å². The van der Waals surface area contributed by atoms with Gasteiger partial charge in [0.05, 0.1) is 0 Å². The Kier molecular flexibility index (Phi) is 4.23. The van der Waals surface area contributed by atoms with Crippen LogP contribution in [-0.2, 0) is 6.61 Å². The minimum absolute atomic E-state index is 0.0838. The first-order valence-corrected chi connectivity index (χ1v) is 6.11. The van der Waals surface area contributed by atoms with E-state index in [2.05, 4.69) is 0 Å². The van der Waals surface area contributed by atoms with E-state index in [0.717, 1.165) is 18.2 Å². The molecule has 2 aromatic rings. The van der Waals surface area contributed by atoms with Crippen molar-refractivity contribution in [2.45, 2.75) is 6.61 Å². The molecule has 0 saturated heterocycles. The molecule has 0 atom stereocenters. The van der Waals surface area contributed by atoms with Crippen LogP contribution >= 0.6 is 11.6 Å². The molecule has 2 aromatic carbocycles. The molecule has 0 aliphatic carbocycles. The van der Waals surface area contributed by atoms with Crippen LogP contribution in [0.15, 0.2) is 42.5 Å². The number of hydrogen-bond donors (Lipinski definition) is 0. The van der Waals surface area contributed by atoms with Gasteiger partial charge in [0, 0.05) is 10.6 Å². The van der Waals surface area contributed by atoms with E-state index in [0.29, 0.717) is 0 Å². The number of hydrogen-bond acceptors (Lipinski definition) is 1. The predicted octanol–water partition coefficient (Wildman–Crippen LogP) is 4.11. The minimum atomic E-state index is -5.02. The quantitative estimate of drug-likeness (QED) is 0.610. The van der Waals surface area contributed by atoms with Crippen LogP contribution in [0, 0.1) is 5.82 Å². The summed E-state index contributed by atoms with van der Waals surface area (Å²) in [4.78, 5) is 0. The first kappa shape index (κ1) is 14.7. The zero-order chi connectivity index (χ0) is 14.8. The summed E-state index contributed by atoms with van der Waals surface area (Å²) < 4.78 is 56.0. The van der Waals surface area contributed by atoms with Crippen LogP contribution in [0.2, 0.25) is 5.02 Å². The van der Waals surface area contributed by atoms with Gasteiger partial charge in [-0.25, -0.2) is 4.39 Å². The fourth-order valence-electron chi connectivity index (χ4n) is 1.58. The largest absolute Gasteiger partial charge is 0.509 e. The van der Waals surface area contributed by atoms with Crippen molar-refractivity contribution in [3.63, 3.8) is 0 Å². The van der Waals surface area contributed by atoms with Crippen LogP contribution in [0.1, 0.15) is 5.56 Å². The molecule has 20 heavy (non-hydrogen) atoms. The molecule has 0 heterocycles. The molecule has 1 nitrogen and oxygen atoms in total. The molecule has 0 spiro atoms. The molecule has 0 amide bonds. The van der Waals surface area contributed by atoms with E-state index < -0.39 is 18.3 Å². The average Bonchev–Trinajstić information content (AvgIpc) is 2.37. The van der Waals surface area contributed by atoms with Gasteiger partial charge in [-0.2, -0.15) is 0 Å². The maximum absolute atomic E-state index is 13.5. The van der Waals surface area contributed by atoms with Crippen LogP contribution in [0.5, 0.6) is 5.75 Å². The normalized spacial score (nSPS) is 11.4. The van der Waals surface area contributed by atoms with Crippen molar-refractivity contribution in [2.75, 3.05) is 0 Å². The fourth-order valence-corrected chi connectivity index (χ4v) is 1.74. The zero-order valence-corrected chi connectivity index (χ0v) is 10.9. The van der Waals surface area contributed by atoms with Crippen molar-refractivity contribution in [2.24, 2.45) is 0 Å². The lowest BCUT2D eigenvalue weighted by molar-refractivity contribution is 0.300. The Bertz CT molecular complexity index is 598. The second-order valence-electron chi connectivity index (χ2n) is 4.17. The lowest BCUT2D eigenvalue weighted by Gasteiger charge is -2.15. The predicted molar refractivity (Wildman–Crippen MR) is 70.9 cm³/mol. The second kappa shape index (κ2) is 5.75. The summed E-state index contributed by atoms with van der Waals surface area (Å²) in [6, 6.07) is 8.41. The summed E-state index contributed by atoms with van der Waals surface area (Å²) in [5.41, 5.74) is -0.423. The lowest BCUT2D eigenvalue weighted by Crippen LogP contribution is -2.33. The Labute approximate surface area is 118 Å². The minimum Gasteiger partial charge on any atom is -0.489 e. The Balaban J connectivity index is 2.04. The van der Waals surface area contributed by atoms with E-state index in [-0.39, 0.29) is 22.9 Å². The summed E-state index contributed by atoms with van der Waals surface area (Å²) in [6.45, 7) is -5.10. The van der Waals surface area contributed by atoms with E-state index in [1.165, 1.54) is 24.3 Å². The van der Waals surface area contributed by atoms with Crippen LogP contribution in [0.3, 0.4) is 0 Å². The van der Waals surface area contributed by atoms with Gasteiger partial charge in [0.2, 0.25) is 0 Å². The molecule has 7 heteroatoms. The Hall–Kier alpha value is -1.69. The molecule has 0 bridgehead atoms. The zero-order valence-electron chi connectivity index (χ0n) is 10.1. The lowest BCUT2D eigenvalue weighted by atomic mass is 9.80. The monoisotopic (exact) mass is 303 g/mol. The number of halogens is 5. The highest BCUT2D eigenvalue weighted by atomic mass is 35.5. The SMILES string of the molecule is Fc1cc(Cl)ccc1COc1ccc([B-](F)(F)F)cc1. The van der Waals surface area contributed by atoms with Gasteiger partial charge < -0.3 is 17.7 Å². The topological polar surface area (TPSA) is 9.23 Å². The molecular formula is C13H9BClF4O-. The Morgan fingerprint density at radius 2 is 1.65 bits per heavy atom. The van der Waals surface area contributed by atoms with E-state index >= 15 is 0 Å². The van der Waals surface area contributed by atoms with Gasteiger partial charge in [-0.3, -0.25) is 0 Å². The van der Waals surface area contributed by atoms with E-state index in [1.54, 1.807) is 0 Å². The Morgan fingerprint density at radius 3 is 2.20 bits per heavy atom. The standard InChI is InChI=1S/C13H9BClF4O/c15-11-4-1-9(13(16)7-11)8-20-12-5-2-10(3-6-12)14(17,18)19/h1-7H,8H2/q-1. The van der Waals surface area contributed by atoms with Gasteiger partial charge in [0.25, 0.3) is 0 Å². The van der Waals surface area contributed by atoms with Crippen LogP contribution in [0.25, 0.3) is 0 Å². The van der Waals surface area contributed by atoms with Gasteiger partial charge in [-0.1, -0.05) is 29.8 Å². The van der Waals surface area contributed by atoms with Gasteiger partial charge in [-0.05, 0) is 24.3 Å². The number of rotatable bonds is 4. The van der Waals surface area contributed by atoms with Crippen molar-refractivity contribution < 1.29 is 22.1 Å². The Morgan fingerprint density at radius 1 is 1.00 bits per heavy atom. The summed E-state index contributed by atoms with van der Waals surface area (Å²) in [5.74, 6) is -0.282. The fraction of sp³-hybridized carbons (Fsp3) is 0.0769. The first-order valence-electron chi connectivity index (χ1n) is 5.73. The highest BCUT2D eigenvalue weighted by Crippen LogP contribution is 2.18. The second-order valence-corrected chi connectivity index (χ2v) is 4.60. The van der Waals surface area contributed by atoms with Crippen molar-refractivity contribution in [3.8, 4) is 5.75 Å². The maximum atomic E-state index is 13.5. The highest BCUT2D eigenvalue weighted by Gasteiger charge is 2.24. The van der Waals surface area contributed by atoms with Crippen LogP contribution in [-0.4, -0.2) is 6.98 Å². The molecule has 0 aromatic heterocycles. The van der Waals surface area contributed by atoms with Crippen molar-refractivity contribution >= 4 is 24.0 Å². The third-order valence-corrected chi connectivity index (χ3v) is 2.90. The van der Waals surface area contributed by atoms with Gasteiger partial charge in [-0.15, -0.1) is 5.46 Å². The summed E-state index contributed by atoms with van der Waals surface area (Å²) in [6.07, 6.45) is 0. The van der Waals surface area contributed by atoms with Crippen molar-refractivity contribution in [1.29, 1.82) is 0 Å². The van der Waals surface area contributed by atoms with E-state index in [9.17, 15) is 17.3 Å². The van der Waals surface area contributed by atoms with Crippen molar-refractivity contribution in [3.05, 3.63) is 58.9 Å². The maximum Gasteiger partial charge on any atom is 0.509 e.